The molecule has 3 amide bonds. The van der Waals surface area contributed by atoms with E-state index in [2.05, 4.69) is 95.3 Å². The second-order valence-corrected chi connectivity index (χ2v) is 32.0. The first-order valence-corrected chi connectivity index (χ1v) is 45.2. The number of aliphatic carboxylic acids is 3. The molecule has 10 aromatic rings. The fourth-order valence-electron chi connectivity index (χ4n) is 14.0. The van der Waals surface area contributed by atoms with Crippen LogP contribution in [0.1, 0.15) is 191 Å². The second-order valence-electron chi connectivity index (χ2n) is 32.0. The number of aryl methyl sites for hydroxylation is 6. The molecular formula is C91H136KN25O17. The van der Waals surface area contributed by atoms with E-state index in [-0.39, 0.29) is 113 Å². The molecule has 4 aliphatic rings. The Balaban J connectivity index is 0.000000290. The molecule has 10 aromatic heterocycles. The molecule has 4 fully saturated rings. The standard InChI is InChI=1S/2C22H31N5O5.C17H22N4O4.C8H13N3O.C7H6N4O.2C4H11N.C4H8O.C3H4N2.K/c2*1-5-11-26(3)22(30)31-13-18-20(24-25-27(18)4)17-9-10-19(14(2)23-17)32-16-8-6-7-15(12-16)21(28)29;1-10-15(25-12-5-3-4-11(8-12)17(23)24)7-6-13(18-10)16-14(9-22)21(2)20-19-16;1-3-5-10(2)8(12)11-6-4-9-7-11;12-7(10-3-1-8-5-10)11-4-2-9-6-11;2*1-3-4-5-2;1-2-4-5-3-1;1-2-5-3-4-1;/h2*9-10,15-16H,5-8,11-13H2,1-4H3,(H,28,29);6-7,11-12,22H,3-5,8-9H2,1-2H3,(H,23,24);4,6-7H,3,5H2,1-2H3;1-6H;2*5H,3-4H2,1-2H3;1-4H2;1-3H,(H,4,5);/q;;;;;;;;;+1/p-1/t2*15-,16-;11-,12-;;;;;;;/m000......./s1. The molecule has 6 N–H and O–H groups in total. The van der Waals surface area contributed by atoms with Crippen LogP contribution in [0.2, 0.25) is 0 Å². The van der Waals surface area contributed by atoms with Crippen molar-refractivity contribution in [2.24, 2.45) is 38.9 Å². The number of aliphatic hydroxyl groups is 1. The minimum absolute atomic E-state index is 0. The van der Waals surface area contributed by atoms with Crippen molar-refractivity contribution < 1.29 is 134 Å². The average Bonchev–Trinajstić information content (AvgIpc) is 1.71. The summed E-state index contributed by atoms with van der Waals surface area (Å²) in [5.41, 5.74) is 7.33. The van der Waals surface area contributed by atoms with Gasteiger partial charge in [0.1, 0.15) is 77.9 Å². The van der Waals surface area contributed by atoms with Gasteiger partial charge in [0, 0.05) is 137 Å². The molecule has 728 valence electrons. The summed E-state index contributed by atoms with van der Waals surface area (Å²) in [6.07, 6.45) is 33.9. The zero-order valence-corrected chi connectivity index (χ0v) is 83.9. The van der Waals surface area contributed by atoms with E-state index in [4.69, 9.17) is 28.4 Å². The van der Waals surface area contributed by atoms with E-state index in [0.717, 1.165) is 90.6 Å². The van der Waals surface area contributed by atoms with Crippen LogP contribution in [0.3, 0.4) is 0 Å². The predicted octanol–water partition coefficient (Wildman–Crippen LogP) is 7.97. The van der Waals surface area contributed by atoms with Gasteiger partial charge in [0.25, 0.3) is 0 Å². The number of aromatic nitrogens is 20. The van der Waals surface area contributed by atoms with E-state index in [9.17, 15) is 54.0 Å². The molecule has 42 nitrogen and oxygen atoms in total. The van der Waals surface area contributed by atoms with Gasteiger partial charge in [-0.1, -0.05) is 50.3 Å². The zero-order valence-electron chi connectivity index (χ0n) is 80.8. The smallest absolute Gasteiger partial charge is 0.550 e. The van der Waals surface area contributed by atoms with Crippen LogP contribution in [0.5, 0.6) is 17.2 Å². The Morgan fingerprint density at radius 3 is 1.15 bits per heavy atom. The molecule has 43 heteroatoms. The summed E-state index contributed by atoms with van der Waals surface area (Å²) >= 11 is 0. The van der Waals surface area contributed by atoms with Gasteiger partial charge in [0.2, 0.25) is 0 Å². The monoisotopic (exact) mass is 1890 g/mol. The van der Waals surface area contributed by atoms with Gasteiger partial charge in [-0.25, -0.2) is 68.1 Å². The van der Waals surface area contributed by atoms with Gasteiger partial charge in [0.15, 0.2) is 0 Å². The number of nitrogens with one attached hydrogen (secondary N) is 3. The first-order valence-electron chi connectivity index (χ1n) is 45.2. The molecule has 0 radical (unpaired) electrons. The minimum atomic E-state index is -1.01. The van der Waals surface area contributed by atoms with Gasteiger partial charge in [-0.2, -0.15) is 0 Å². The number of carboxylic acid groups (broad SMARTS) is 3. The topological polar surface area (TPSA) is 505 Å². The summed E-state index contributed by atoms with van der Waals surface area (Å²) in [6.45, 7) is 22.0. The second kappa shape index (κ2) is 62.3. The molecule has 6 atom stereocenters. The number of aliphatic hydroxyl groups excluding tert-OH is 1. The molecule has 1 saturated heterocycles. The fourth-order valence-corrected chi connectivity index (χ4v) is 14.0. The Labute approximate surface area is 826 Å². The number of nitrogens with zero attached hydrogens (tertiary/aromatic N) is 22. The molecule has 11 heterocycles. The number of amides is 3. The van der Waals surface area contributed by atoms with Crippen molar-refractivity contribution in [3.05, 3.63) is 145 Å². The Bertz CT molecular complexity index is 4810. The summed E-state index contributed by atoms with van der Waals surface area (Å²) in [6, 6.07) is 10.6. The Morgan fingerprint density at radius 1 is 0.493 bits per heavy atom. The van der Waals surface area contributed by atoms with Crippen molar-refractivity contribution in [2.75, 3.05) is 81.2 Å². The predicted molar refractivity (Wildman–Crippen MR) is 492 cm³/mol. The maximum atomic E-state index is 12.1. The minimum Gasteiger partial charge on any atom is -0.550 e. The van der Waals surface area contributed by atoms with Crippen LogP contribution in [0, 0.1) is 38.5 Å². The number of aromatic amines is 1. The number of carbonyl (C=O) groups excluding carboxylic acids is 5. The van der Waals surface area contributed by atoms with Gasteiger partial charge < -0.3 is 84.0 Å². The normalized spacial score (nSPS) is 16.1. The average molecular weight is 1890 g/mol. The molecule has 3 saturated carbocycles. The van der Waals surface area contributed by atoms with E-state index < -0.39 is 36.0 Å². The largest absolute Gasteiger partial charge is 1.00 e. The van der Waals surface area contributed by atoms with Crippen LogP contribution >= 0.6 is 0 Å². The summed E-state index contributed by atoms with van der Waals surface area (Å²) in [5, 5.41) is 69.6. The summed E-state index contributed by atoms with van der Waals surface area (Å²) < 4.78 is 42.8. The van der Waals surface area contributed by atoms with E-state index in [1.807, 2.05) is 67.8 Å². The molecule has 1 aliphatic heterocycles. The number of rotatable bonds is 27. The number of pyridine rings is 3. The Hall–Kier alpha value is -11.3. The summed E-state index contributed by atoms with van der Waals surface area (Å²) in [5.74, 6) is -1.81. The van der Waals surface area contributed by atoms with Gasteiger partial charge in [-0.3, -0.25) is 23.3 Å². The van der Waals surface area contributed by atoms with E-state index in [1.165, 1.54) is 72.8 Å². The molecule has 134 heavy (non-hydrogen) atoms. The van der Waals surface area contributed by atoms with Gasteiger partial charge in [0.05, 0.1) is 82.9 Å². The quantitative estimate of drug-likeness (QED) is 0.0266. The summed E-state index contributed by atoms with van der Waals surface area (Å²) in [7, 11) is 14.3. The van der Waals surface area contributed by atoms with Crippen LogP contribution < -0.4 is 81.3 Å². The molecular weight excluding hydrogens is 1750 g/mol. The van der Waals surface area contributed by atoms with E-state index in [0.29, 0.717) is 137 Å². The van der Waals surface area contributed by atoms with Crippen molar-refractivity contribution in [1.29, 1.82) is 0 Å². The molecule has 0 bridgehead atoms. The third kappa shape index (κ3) is 38.2. The molecule has 3 aliphatic carbocycles. The number of carbonyl (C=O) groups is 7. The maximum Gasteiger partial charge on any atom is 1.00 e. The molecule has 14 rings (SSSR count). The van der Waals surface area contributed by atoms with Crippen molar-refractivity contribution >= 4 is 42.2 Å². The van der Waals surface area contributed by atoms with Crippen LogP contribution in [-0.4, -0.2) is 270 Å². The number of ether oxygens (including phenoxy) is 6. The van der Waals surface area contributed by atoms with Crippen molar-refractivity contribution in [3.8, 4) is 51.4 Å². The molecule has 0 unspecified atom stereocenters. The van der Waals surface area contributed by atoms with E-state index in [1.54, 1.807) is 137 Å². The first-order chi connectivity index (χ1) is 64.0. The number of H-pyrrole nitrogens is 1. The summed E-state index contributed by atoms with van der Waals surface area (Å²) in [4.78, 5) is 117. The Kier molecular flexibility index (Phi) is 52.6. The zero-order chi connectivity index (χ0) is 97.2. The van der Waals surface area contributed by atoms with Crippen LogP contribution in [0.4, 0.5) is 19.2 Å². The SMILES string of the molecule is C1CCOC1.CCCN(C)C(=O)OCc1c(-c2ccc(O[C@H]3CCC[C@H](C(=O)O)C3)c(C)n2)nnn1C.CCCN(C)C(=O)OCc1c(-c2ccc(O[C@H]3CCC[C@H](C(=O)[O-])C3)c(C)n2)nnn1C.CCCN(C)C(=O)n1ccnc1.CCCNC.CCCNC.Cc1nc(-c2nnn(C)c2CO)ccc1O[C@H]1CCC[C@H](C(=O)O)C1.O=C(n1ccnc1)n1ccnc1.[K+].c1c[nH]cn1. The van der Waals surface area contributed by atoms with Gasteiger partial charge in [-0.05, 0) is 206 Å². The fraction of sp³-hybridized carbons (Fsp3) is 0.560. The number of hydrogen-bond donors (Lipinski definition) is 6. The van der Waals surface area contributed by atoms with Crippen LogP contribution in [0.15, 0.2) is 111 Å². The Morgan fingerprint density at radius 2 is 0.858 bits per heavy atom. The van der Waals surface area contributed by atoms with Gasteiger partial charge in [-0.15, -0.1) is 15.3 Å². The third-order valence-electron chi connectivity index (χ3n) is 21.3. The van der Waals surface area contributed by atoms with E-state index >= 15 is 0 Å². The molecule has 0 spiro atoms. The molecule has 0 aromatic carbocycles. The van der Waals surface area contributed by atoms with Crippen molar-refractivity contribution in [1.82, 2.24) is 124 Å². The van der Waals surface area contributed by atoms with Crippen molar-refractivity contribution in [3.63, 3.8) is 0 Å². The van der Waals surface area contributed by atoms with Crippen LogP contribution in [-0.2, 0) is 69.6 Å². The number of carboxylic acids is 3. The van der Waals surface area contributed by atoms with Gasteiger partial charge >= 0.3 is 87.6 Å². The number of hydrogen-bond acceptors (Lipinski definition) is 30. The first kappa shape index (κ1) is 113. The maximum absolute atomic E-state index is 12.1. The number of imidazole rings is 4. The third-order valence-corrected chi connectivity index (χ3v) is 21.3. The van der Waals surface area contributed by atoms with Crippen LogP contribution in [0.25, 0.3) is 34.2 Å². The van der Waals surface area contributed by atoms with Crippen molar-refractivity contribution in [2.45, 2.75) is 216 Å².